The van der Waals surface area contributed by atoms with Gasteiger partial charge in [0.15, 0.2) is 0 Å². The molecule has 0 unspecified atom stereocenters. The van der Waals surface area contributed by atoms with Crippen molar-refractivity contribution in [1.82, 2.24) is 0 Å². The van der Waals surface area contributed by atoms with Gasteiger partial charge in [-0.3, -0.25) is 0 Å². The first-order chi connectivity index (χ1) is 7.06. The van der Waals surface area contributed by atoms with E-state index < -0.39 is 5.41 Å². The third kappa shape index (κ3) is 1.62. The summed E-state index contributed by atoms with van der Waals surface area (Å²) in [5.41, 5.74) is 2.54. The largest absolute Gasteiger partial charge is 0.508 e. The van der Waals surface area contributed by atoms with Crippen molar-refractivity contribution >= 4 is 0 Å². The average Bonchev–Trinajstić information content (AvgIpc) is 2.64. The van der Waals surface area contributed by atoms with Crippen LogP contribution in [-0.2, 0) is 23.4 Å². The second-order valence-corrected chi connectivity index (χ2v) is 4.63. The molecule has 0 radical (unpaired) electrons. The summed E-state index contributed by atoms with van der Waals surface area (Å²) in [6.45, 7) is 4.98. The number of hydrogen-bond donors (Lipinski definition) is 2. The van der Waals surface area contributed by atoms with Crippen LogP contribution in [0.1, 0.15) is 30.5 Å². The number of fused-ring (bicyclic) bond motifs is 1. The second kappa shape index (κ2) is 3.51. The molecule has 0 bridgehead atoms. The maximum atomic E-state index is 9.87. The van der Waals surface area contributed by atoms with E-state index in [0.29, 0.717) is 13.2 Å². The molecule has 15 heavy (non-hydrogen) atoms. The highest BCUT2D eigenvalue weighted by Crippen LogP contribution is 2.38. The predicted molar refractivity (Wildman–Crippen MR) is 56.7 cm³/mol. The molecule has 3 nitrogen and oxygen atoms in total. The van der Waals surface area contributed by atoms with Gasteiger partial charge in [-0.1, -0.05) is 19.9 Å². The molecule has 0 saturated heterocycles. The number of aromatic hydroxyl groups is 1. The van der Waals surface area contributed by atoms with Crippen LogP contribution in [0.3, 0.4) is 0 Å². The summed E-state index contributed by atoms with van der Waals surface area (Å²) in [7, 11) is 0. The fourth-order valence-corrected chi connectivity index (χ4v) is 2.08. The molecule has 0 saturated carbocycles. The van der Waals surface area contributed by atoms with Crippen molar-refractivity contribution in [2.75, 3.05) is 6.61 Å². The number of phenolic OH excluding ortho intramolecular Hbond substituents is 1. The van der Waals surface area contributed by atoms with Crippen molar-refractivity contribution in [2.45, 2.75) is 32.5 Å². The summed E-state index contributed by atoms with van der Waals surface area (Å²) in [6.07, 6.45) is 0. The predicted octanol–water partition coefficient (Wildman–Crippen LogP) is 1.69. The molecular formula is C12H16O3. The SMILES string of the molecule is CC(C)(CO)c1c(O)ccc2c1COC2. The van der Waals surface area contributed by atoms with Crippen LogP contribution < -0.4 is 0 Å². The van der Waals surface area contributed by atoms with Crippen LogP contribution in [0.5, 0.6) is 5.75 Å². The van der Waals surface area contributed by atoms with Crippen molar-refractivity contribution in [3.05, 3.63) is 28.8 Å². The lowest BCUT2D eigenvalue weighted by Gasteiger charge is -2.25. The molecule has 3 heteroatoms. The highest BCUT2D eigenvalue weighted by molar-refractivity contribution is 5.49. The molecule has 1 heterocycles. The maximum Gasteiger partial charge on any atom is 0.119 e. The Hall–Kier alpha value is -1.06. The lowest BCUT2D eigenvalue weighted by atomic mass is 9.81. The van der Waals surface area contributed by atoms with E-state index >= 15 is 0 Å². The molecule has 0 spiro atoms. The molecule has 0 fully saturated rings. The van der Waals surface area contributed by atoms with E-state index in [0.717, 1.165) is 16.7 Å². The zero-order valence-corrected chi connectivity index (χ0v) is 9.08. The van der Waals surface area contributed by atoms with Crippen LogP contribution in [0, 0.1) is 0 Å². The molecule has 0 amide bonds. The van der Waals surface area contributed by atoms with E-state index in [9.17, 15) is 10.2 Å². The Morgan fingerprint density at radius 2 is 2.07 bits per heavy atom. The normalized spacial score (nSPS) is 15.4. The van der Waals surface area contributed by atoms with Gasteiger partial charge in [-0.2, -0.15) is 0 Å². The highest BCUT2D eigenvalue weighted by Gasteiger charge is 2.29. The van der Waals surface area contributed by atoms with Gasteiger partial charge in [0.2, 0.25) is 0 Å². The fraction of sp³-hybridized carbons (Fsp3) is 0.500. The Balaban J connectivity index is 2.60. The number of ether oxygens (including phenoxy) is 1. The first-order valence-electron chi connectivity index (χ1n) is 5.09. The molecule has 82 valence electrons. The summed E-state index contributed by atoms with van der Waals surface area (Å²) < 4.78 is 5.36. The molecule has 2 rings (SSSR count). The van der Waals surface area contributed by atoms with Crippen LogP contribution in [0.4, 0.5) is 0 Å². The van der Waals surface area contributed by atoms with Gasteiger partial charge in [0, 0.05) is 11.0 Å². The Bertz CT molecular complexity index is 383. The van der Waals surface area contributed by atoms with Crippen molar-refractivity contribution in [1.29, 1.82) is 0 Å². The van der Waals surface area contributed by atoms with Crippen molar-refractivity contribution in [2.24, 2.45) is 0 Å². The third-order valence-electron chi connectivity index (χ3n) is 2.96. The van der Waals surface area contributed by atoms with E-state index in [4.69, 9.17) is 4.74 Å². The first-order valence-corrected chi connectivity index (χ1v) is 5.09. The Labute approximate surface area is 89.3 Å². The minimum atomic E-state index is -0.427. The Morgan fingerprint density at radius 3 is 2.73 bits per heavy atom. The van der Waals surface area contributed by atoms with Crippen molar-refractivity contribution in [3.8, 4) is 5.75 Å². The van der Waals surface area contributed by atoms with E-state index in [1.165, 1.54) is 0 Å². The van der Waals surface area contributed by atoms with E-state index in [1.807, 2.05) is 19.9 Å². The molecule has 1 aliphatic rings. The van der Waals surface area contributed by atoms with Gasteiger partial charge in [0.25, 0.3) is 0 Å². The smallest absolute Gasteiger partial charge is 0.119 e. The molecule has 2 N–H and O–H groups in total. The van der Waals surface area contributed by atoms with Crippen LogP contribution in [0.15, 0.2) is 12.1 Å². The summed E-state index contributed by atoms with van der Waals surface area (Å²) in [5.74, 6) is 0.248. The summed E-state index contributed by atoms with van der Waals surface area (Å²) in [4.78, 5) is 0. The number of hydrogen-bond acceptors (Lipinski definition) is 3. The van der Waals surface area contributed by atoms with Crippen LogP contribution >= 0.6 is 0 Å². The molecule has 0 aromatic heterocycles. The number of benzene rings is 1. The monoisotopic (exact) mass is 208 g/mol. The highest BCUT2D eigenvalue weighted by atomic mass is 16.5. The first kappa shape index (κ1) is 10.5. The quantitative estimate of drug-likeness (QED) is 0.777. The number of phenols is 1. The zero-order chi connectivity index (χ0) is 11.1. The maximum absolute atomic E-state index is 9.87. The Kier molecular flexibility index (Phi) is 2.44. The van der Waals surface area contributed by atoms with E-state index in [2.05, 4.69) is 0 Å². The van der Waals surface area contributed by atoms with Gasteiger partial charge in [0.1, 0.15) is 5.75 Å². The number of aliphatic hydroxyl groups is 1. The standard InChI is InChI=1S/C12H16O3/c1-12(2,7-13)11-9-6-15-5-8(9)3-4-10(11)14/h3-4,13-14H,5-7H2,1-2H3. The second-order valence-electron chi connectivity index (χ2n) is 4.63. The van der Waals surface area contributed by atoms with Gasteiger partial charge < -0.3 is 14.9 Å². The topological polar surface area (TPSA) is 49.7 Å². The lowest BCUT2D eigenvalue weighted by molar-refractivity contribution is 0.133. The molecule has 1 aromatic carbocycles. The Morgan fingerprint density at radius 1 is 1.33 bits per heavy atom. The average molecular weight is 208 g/mol. The van der Waals surface area contributed by atoms with E-state index in [1.54, 1.807) is 6.07 Å². The molecule has 1 aromatic rings. The van der Waals surface area contributed by atoms with Crippen LogP contribution in [-0.4, -0.2) is 16.8 Å². The fourth-order valence-electron chi connectivity index (χ4n) is 2.08. The van der Waals surface area contributed by atoms with Crippen LogP contribution in [0.25, 0.3) is 0 Å². The molecule has 0 atom stereocenters. The lowest BCUT2D eigenvalue weighted by Crippen LogP contribution is -2.24. The van der Waals surface area contributed by atoms with Gasteiger partial charge in [-0.25, -0.2) is 0 Å². The van der Waals surface area contributed by atoms with Crippen molar-refractivity contribution < 1.29 is 14.9 Å². The minimum Gasteiger partial charge on any atom is -0.508 e. The zero-order valence-electron chi connectivity index (χ0n) is 9.08. The molecular weight excluding hydrogens is 192 g/mol. The van der Waals surface area contributed by atoms with E-state index in [-0.39, 0.29) is 12.4 Å². The van der Waals surface area contributed by atoms with Gasteiger partial charge in [-0.15, -0.1) is 0 Å². The molecule has 0 aliphatic carbocycles. The summed E-state index contributed by atoms with van der Waals surface area (Å²) in [6, 6.07) is 3.56. The van der Waals surface area contributed by atoms with Gasteiger partial charge >= 0.3 is 0 Å². The van der Waals surface area contributed by atoms with Crippen LogP contribution in [0.2, 0.25) is 0 Å². The van der Waals surface area contributed by atoms with Gasteiger partial charge in [0.05, 0.1) is 19.8 Å². The summed E-state index contributed by atoms with van der Waals surface area (Å²) in [5, 5.41) is 19.2. The minimum absolute atomic E-state index is 0.0109. The molecule has 1 aliphatic heterocycles. The third-order valence-corrected chi connectivity index (χ3v) is 2.96. The number of rotatable bonds is 2. The van der Waals surface area contributed by atoms with Crippen molar-refractivity contribution in [3.63, 3.8) is 0 Å². The summed E-state index contributed by atoms with van der Waals surface area (Å²) >= 11 is 0. The van der Waals surface area contributed by atoms with Gasteiger partial charge in [-0.05, 0) is 17.2 Å². The number of aliphatic hydroxyl groups excluding tert-OH is 1.